The molecule has 0 spiro atoms. The van der Waals surface area contributed by atoms with Crippen LogP contribution in [0.25, 0.3) is 0 Å². The normalized spacial score (nSPS) is 20.4. The second kappa shape index (κ2) is 14.4. The van der Waals surface area contributed by atoms with Gasteiger partial charge in [0.05, 0.1) is 12.3 Å². The summed E-state index contributed by atoms with van der Waals surface area (Å²) in [6, 6.07) is 3.80. The van der Waals surface area contributed by atoms with E-state index in [1.54, 1.807) is 11.8 Å². The Morgan fingerprint density at radius 2 is 1.50 bits per heavy atom. The quantitative estimate of drug-likeness (QED) is 0.286. The van der Waals surface area contributed by atoms with Gasteiger partial charge in [-0.2, -0.15) is 0 Å². The fourth-order valence-corrected chi connectivity index (χ4v) is 7.02. The Balaban J connectivity index is 1.49. The minimum atomic E-state index is -1.14. The maximum absolute atomic E-state index is 14.0. The Kier molecular flexibility index (Phi) is 11.0. The summed E-state index contributed by atoms with van der Waals surface area (Å²) in [7, 11) is 0. The fraction of sp³-hybridized carbons (Fsp3) is 0.750. The number of rotatable bonds is 11. The number of pyridine rings is 1. The molecule has 3 fully saturated rings. The molecule has 1 aromatic rings. The fourth-order valence-electron chi connectivity index (χ4n) is 7.02. The summed E-state index contributed by atoms with van der Waals surface area (Å²) in [5.41, 5.74) is -0.0157. The lowest BCUT2D eigenvalue weighted by Crippen LogP contribution is -2.58. The summed E-state index contributed by atoms with van der Waals surface area (Å²) in [5.74, 6) is 1.34. The zero-order chi connectivity index (χ0) is 30.3. The zero-order valence-corrected chi connectivity index (χ0v) is 26.6. The van der Waals surface area contributed by atoms with Crippen LogP contribution < -0.4 is 14.7 Å². The number of carbonyl (C=O) groups is 3. The van der Waals surface area contributed by atoms with Crippen LogP contribution in [0.1, 0.15) is 79.6 Å². The van der Waals surface area contributed by atoms with Gasteiger partial charge in [0.1, 0.15) is 17.3 Å². The number of carbonyl (C=O) groups excluding carboxylic acids is 3. The summed E-state index contributed by atoms with van der Waals surface area (Å²) in [5, 5.41) is 0. The first-order valence-electron chi connectivity index (χ1n) is 16.4. The van der Waals surface area contributed by atoms with Gasteiger partial charge in [0, 0.05) is 58.9 Å². The van der Waals surface area contributed by atoms with Gasteiger partial charge in [-0.25, -0.2) is 4.98 Å². The van der Waals surface area contributed by atoms with E-state index in [9.17, 15) is 14.4 Å². The Hall–Kier alpha value is -3.04. The molecular formula is C32H52N6O4. The van der Waals surface area contributed by atoms with E-state index in [-0.39, 0.29) is 18.4 Å². The van der Waals surface area contributed by atoms with Crippen molar-refractivity contribution in [3.8, 4) is 0 Å². The van der Waals surface area contributed by atoms with E-state index in [1.165, 1.54) is 0 Å². The van der Waals surface area contributed by atoms with Crippen LogP contribution in [-0.2, 0) is 19.1 Å². The van der Waals surface area contributed by atoms with Crippen molar-refractivity contribution >= 4 is 35.1 Å². The van der Waals surface area contributed by atoms with Crippen LogP contribution in [0.5, 0.6) is 0 Å². The van der Waals surface area contributed by atoms with Crippen LogP contribution in [-0.4, -0.2) is 104 Å². The number of likely N-dealkylation sites (tertiary alicyclic amines) is 1. The number of esters is 1. The van der Waals surface area contributed by atoms with Crippen LogP contribution >= 0.6 is 0 Å². The van der Waals surface area contributed by atoms with E-state index < -0.39 is 17.4 Å². The summed E-state index contributed by atoms with van der Waals surface area (Å²) < 4.78 is 5.41. The molecule has 0 bridgehead atoms. The van der Waals surface area contributed by atoms with E-state index in [1.807, 2.05) is 4.90 Å². The molecule has 3 heterocycles. The maximum Gasteiger partial charge on any atom is 0.321 e. The van der Waals surface area contributed by atoms with Crippen LogP contribution in [0.4, 0.5) is 17.3 Å². The minimum Gasteiger partial charge on any atom is -0.465 e. The van der Waals surface area contributed by atoms with Gasteiger partial charge in [0.2, 0.25) is 11.8 Å². The number of aromatic nitrogens is 1. The molecule has 10 heteroatoms. The minimum absolute atomic E-state index is 0.00383. The molecule has 10 nitrogen and oxygen atoms in total. The number of hydrogen-bond acceptors (Lipinski definition) is 8. The summed E-state index contributed by atoms with van der Waals surface area (Å²) in [6.07, 6.45) is 5.11. The lowest BCUT2D eigenvalue weighted by Gasteiger charge is -2.41. The molecule has 2 amide bonds. The van der Waals surface area contributed by atoms with E-state index >= 15 is 0 Å². The Morgan fingerprint density at radius 3 is 2.10 bits per heavy atom. The van der Waals surface area contributed by atoms with Gasteiger partial charge in [-0.3, -0.25) is 14.4 Å². The Morgan fingerprint density at radius 1 is 0.857 bits per heavy atom. The SMILES string of the molecule is CCOC(=O)C1(C(=O)N2CCCC2C(=O)N2CCN(c3nc(N(CC)CC)ccc3N(CC)CC)CC2)CCCCC1. The van der Waals surface area contributed by atoms with Crippen molar-refractivity contribution in [1.29, 1.82) is 0 Å². The summed E-state index contributed by atoms with van der Waals surface area (Å²) in [4.78, 5) is 56.7. The molecule has 3 aliphatic rings. The van der Waals surface area contributed by atoms with Crippen molar-refractivity contribution in [3.63, 3.8) is 0 Å². The lowest BCUT2D eigenvalue weighted by molar-refractivity contribution is -0.169. The molecular weight excluding hydrogens is 532 g/mol. The third-order valence-corrected chi connectivity index (χ3v) is 9.50. The monoisotopic (exact) mass is 584 g/mol. The standard InChI is InChI=1S/C32H52N6O4/c1-6-34(7-2)25-16-17-27(35(8-3)9-4)33-28(25)36-21-23-37(24-22-36)29(39)26-15-14-20-38(26)30(40)32(31(41)42-10-5)18-12-11-13-19-32/h16-17,26H,6-15,18-24H2,1-5H3. The molecule has 1 atom stereocenters. The Labute approximate surface area is 252 Å². The van der Waals surface area contributed by atoms with E-state index in [0.29, 0.717) is 52.0 Å². The largest absolute Gasteiger partial charge is 0.465 e. The molecule has 2 aliphatic heterocycles. The number of amides is 2. The second-order valence-electron chi connectivity index (χ2n) is 11.7. The number of piperazine rings is 1. The molecule has 2 saturated heterocycles. The van der Waals surface area contributed by atoms with Gasteiger partial charge in [0.25, 0.3) is 0 Å². The van der Waals surface area contributed by atoms with E-state index in [2.05, 4.69) is 54.5 Å². The molecule has 1 saturated carbocycles. The zero-order valence-electron chi connectivity index (χ0n) is 26.6. The Bertz CT molecular complexity index is 1070. The van der Waals surface area contributed by atoms with Gasteiger partial charge in [-0.1, -0.05) is 19.3 Å². The smallest absolute Gasteiger partial charge is 0.321 e. The van der Waals surface area contributed by atoms with Gasteiger partial charge >= 0.3 is 5.97 Å². The summed E-state index contributed by atoms with van der Waals surface area (Å²) >= 11 is 0. The van der Waals surface area contributed by atoms with Gasteiger partial charge in [-0.05, 0) is 72.4 Å². The lowest BCUT2D eigenvalue weighted by atomic mass is 9.72. The molecule has 1 aliphatic carbocycles. The highest BCUT2D eigenvalue weighted by molar-refractivity contribution is 6.04. The molecule has 0 aromatic carbocycles. The van der Waals surface area contributed by atoms with Crippen LogP contribution in [0.3, 0.4) is 0 Å². The van der Waals surface area contributed by atoms with Crippen molar-refractivity contribution in [1.82, 2.24) is 14.8 Å². The predicted octanol–water partition coefficient (Wildman–Crippen LogP) is 3.93. The van der Waals surface area contributed by atoms with E-state index in [0.717, 1.165) is 69.2 Å². The molecule has 1 aromatic heterocycles. The number of anilines is 3. The van der Waals surface area contributed by atoms with Gasteiger partial charge < -0.3 is 29.2 Å². The van der Waals surface area contributed by atoms with Crippen LogP contribution in [0.15, 0.2) is 12.1 Å². The van der Waals surface area contributed by atoms with E-state index in [4.69, 9.17) is 9.72 Å². The number of ether oxygens (including phenoxy) is 1. The van der Waals surface area contributed by atoms with Crippen molar-refractivity contribution in [2.24, 2.45) is 5.41 Å². The van der Waals surface area contributed by atoms with Gasteiger partial charge in [0.15, 0.2) is 5.82 Å². The first-order chi connectivity index (χ1) is 20.3. The van der Waals surface area contributed by atoms with Crippen LogP contribution in [0.2, 0.25) is 0 Å². The molecule has 4 rings (SSSR count). The van der Waals surface area contributed by atoms with Crippen molar-refractivity contribution < 1.29 is 19.1 Å². The number of nitrogens with zero attached hydrogens (tertiary/aromatic N) is 6. The highest BCUT2D eigenvalue weighted by Crippen LogP contribution is 2.41. The highest BCUT2D eigenvalue weighted by Gasteiger charge is 2.52. The average Bonchev–Trinajstić information content (AvgIpc) is 3.52. The maximum atomic E-state index is 14.0. The van der Waals surface area contributed by atoms with Crippen molar-refractivity contribution in [3.05, 3.63) is 12.1 Å². The first kappa shape index (κ1) is 31.9. The average molecular weight is 585 g/mol. The molecule has 1 unspecified atom stereocenters. The van der Waals surface area contributed by atoms with Crippen LogP contribution in [0, 0.1) is 5.41 Å². The first-order valence-corrected chi connectivity index (χ1v) is 16.4. The topological polar surface area (TPSA) is 89.5 Å². The van der Waals surface area contributed by atoms with Gasteiger partial charge in [-0.15, -0.1) is 0 Å². The third-order valence-electron chi connectivity index (χ3n) is 9.50. The third kappa shape index (κ3) is 6.32. The predicted molar refractivity (Wildman–Crippen MR) is 167 cm³/mol. The second-order valence-corrected chi connectivity index (χ2v) is 11.7. The van der Waals surface area contributed by atoms with Crippen molar-refractivity contribution in [2.45, 2.75) is 85.6 Å². The molecule has 234 valence electrons. The molecule has 0 radical (unpaired) electrons. The molecule has 0 N–H and O–H groups in total. The summed E-state index contributed by atoms with van der Waals surface area (Å²) in [6.45, 7) is 17.3. The highest BCUT2D eigenvalue weighted by atomic mass is 16.5. The van der Waals surface area contributed by atoms with Crippen molar-refractivity contribution in [2.75, 3.05) is 80.2 Å². The molecule has 42 heavy (non-hydrogen) atoms. The number of hydrogen-bond donors (Lipinski definition) is 0.